The van der Waals surface area contributed by atoms with Crippen LogP contribution in [0.1, 0.15) is 32.4 Å². The van der Waals surface area contributed by atoms with Crippen LogP contribution in [-0.2, 0) is 22.6 Å². The minimum Gasteiger partial charge on any atom is -0.478 e. The Labute approximate surface area is 207 Å². The number of nitrogens with zero attached hydrogens (tertiary/aromatic N) is 1. The van der Waals surface area contributed by atoms with Gasteiger partial charge in [-0.2, -0.15) is 0 Å². The van der Waals surface area contributed by atoms with E-state index in [1.807, 2.05) is 66.0 Å². The van der Waals surface area contributed by atoms with Gasteiger partial charge in [0.2, 0.25) is 11.8 Å². The molecular weight excluding hydrogens is 460 g/mol. The Kier molecular flexibility index (Phi) is 7.70. The first kappa shape index (κ1) is 23.9. The molecule has 1 atom stereocenters. The van der Waals surface area contributed by atoms with Crippen molar-refractivity contribution < 1.29 is 19.5 Å². The summed E-state index contributed by atoms with van der Waals surface area (Å²) in [7, 11) is 0. The number of hydrogen-bond donors (Lipinski definition) is 2. The number of aromatic carboxylic acids is 1. The molecule has 0 saturated heterocycles. The monoisotopic (exact) mass is 484 g/mol. The summed E-state index contributed by atoms with van der Waals surface area (Å²) in [5.74, 6) is -1.78. The number of anilines is 1. The van der Waals surface area contributed by atoms with Gasteiger partial charge >= 0.3 is 5.97 Å². The molecule has 0 aliphatic heterocycles. The summed E-state index contributed by atoms with van der Waals surface area (Å²) >= 11 is 1.45. The lowest BCUT2D eigenvalue weighted by molar-refractivity contribution is -0.126. The van der Waals surface area contributed by atoms with E-state index in [0.717, 1.165) is 10.4 Å². The Hall–Kier alpha value is -4.23. The highest BCUT2D eigenvalue weighted by Crippen LogP contribution is 2.30. The topological polar surface area (TPSA) is 86.7 Å². The van der Waals surface area contributed by atoms with E-state index in [1.165, 1.54) is 28.4 Å². The Balaban J connectivity index is 1.75. The average Bonchev–Trinajstić information content (AvgIpc) is 3.40. The van der Waals surface area contributed by atoms with Gasteiger partial charge in [-0.15, -0.1) is 11.3 Å². The fourth-order valence-electron chi connectivity index (χ4n) is 3.81. The molecule has 0 radical (unpaired) electrons. The highest BCUT2D eigenvalue weighted by Gasteiger charge is 2.33. The molecule has 1 unspecified atom stereocenters. The molecule has 35 heavy (non-hydrogen) atoms. The second-order valence-electron chi connectivity index (χ2n) is 7.89. The molecule has 6 nitrogen and oxygen atoms in total. The lowest BCUT2D eigenvalue weighted by Gasteiger charge is -2.32. The van der Waals surface area contributed by atoms with Gasteiger partial charge in [0.05, 0.1) is 12.0 Å². The highest BCUT2D eigenvalue weighted by molar-refractivity contribution is 7.10. The Bertz CT molecular complexity index is 1290. The third-order valence-electron chi connectivity index (χ3n) is 5.48. The molecule has 0 saturated carbocycles. The molecule has 0 spiro atoms. The van der Waals surface area contributed by atoms with Crippen molar-refractivity contribution in [2.24, 2.45) is 0 Å². The first-order valence-electron chi connectivity index (χ1n) is 11.1. The van der Waals surface area contributed by atoms with E-state index in [-0.39, 0.29) is 23.8 Å². The molecule has 0 bridgehead atoms. The summed E-state index contributed by atoms with van der Waals surface area (Å²) < 4.78 is 0. The van der Waals surface area contributed by atoms with E-state index in [0.29, 0.717) is 17.8 Å². The fraction of sp³-hybridized carbons (Fsp3) is 0.107. The molecule has 0 aliphatic carbocycles. The third kappa shape index (κ3) is 6.02. The summed E-state index contributed by atoms with van der Waals surface area (Å²) in [6, 6.07) is 27.4. The van der Waals surface area contributed by atoms with Crippen LogP contribution in [0.25, 0.3) is 0 Å². The number of benzene rings is 3. The van der Waals surface area contributed by atoms with Crippen LogP contribution in [0, 0.1) is 0 Å². The molecule has 0 fully saturated rings. The van der Waals surface area contributed by atoms with Gasteiger partial charge in [-0.05, 0) is 40.8 Å². The molecular formula is C28H24N2O4S. The number of carboxylic acid groups (broad SMARTS) is 1. The number of thiophene rings is 1. The van der Waals surface area contributed by atoms with Crippen molar-refractivity contribution in [3.63, 3.8) is 0 Å². The van der Waals surface area contributed by atoms with Crippen LogP contribution in [-0.4, -0.2) is 22.9 Å². The van der Waals surface area contributed by atoms with E-state index in [1.54, 1.807) is 24.3 Å². The van der Waals surface area contributed by atoms with Crippen molar-refractivity contribution in [1.82, 2.24) is 5.32 Å². The van der Waals surface area contributed by atoms with E-state index in [4.69, 9.17) is 0 Å². The minimum absolute atomic E-state index is 0.0351. The van der Waals surface area contributed by atoms with E-state index >= 15 is 0 Å². The SMILES string of the molecule is O=C(O)c1cccc(N(C(=O)Cc2cccs2)C(C(=O)NCc2ccccc2)c2ccccc2)c1. The first-order valence-corrected chi connectivity index (χ1v) is 12.0. The zero-order chi connectivity index (χ0) is 24.6. The predicted octanol–water partition coefficient (Wildman–Crippen LogP) is 5.08. The summed E-state index contributed by atoms with van der Waals surface area (Å²) in [4.78, 5) is 41.2. The van der Waals surface area contributed by atoms with Crippen molar-refractivity contribution in [2.75, 3.05) is 4.90 Å². The molecule has 2 N–H and O–H groups in total. The van der Waals surface area contributed by atoms with Gasteiger partial charge in [0, 0.05) is 17.1 Å². The molecule has 4 rings (SSSR count). The number of carbonyl (C=O) groups excluding carboxylic acids is 2. The van der Waals surface area contributed by atoms with Gasteiger partial charge in [0.1, 0.15) is 6.04 Å². The zero-order valence-electron chi connectivity index (χ0n) is 18.8. The molecule has 7 heteroatoms. The highest BCUT2D eigenvalue weighted by atomic mass is 32.1. The van der Waals surface area contributed by atoms with Crippen molar-refractivity contribution in [3.05, 3.63) is 124 Å². The lowest BCUT2D eigenvalue weighted by Crippen LogP contribution is -2.44. The number of hydrogen-bond acceptors (Lipinski definition) is 4. The molecule has 1 aromatic heterocycles. The van der Waals surface area contributed by atoms with Crippen molar-refractivity contribution >= 4 is 34.8 Å². The second kappa shape index (κ2) is 11.3. The Morgan fingerprint density at radius 1 is 0.857 bits per heavy atom. The van der Waals surface area contributed by atoms with Crippen LogP contribution in [0.15, 0.2) is 102 Å². The standard InChI is InChI=1S/C28H24N2O4S/c31-25(18-24-15-8-16-35-24)30(23-14-7-13-22(17-23)28(33)34)26(21-11-5-2-6-12-21)27(32)29-19-20-9-3-1-4-10-20/h1-17,26H,18-19H2,(H,29,32)(H,33,34). The Morgan fingerprint density at radius 2 is 1.57 bits per heavy atom. The van der Waals surface area contributed by atoms with Gasteiger partial charge < -0.3 is 10.4 Å². The van der Waals surface area contributed by atoms with Crippen LogP contribution in [0.3, 0.4) is 0 Å². The van der Waals surface area contributed by atoms with Crippen molar-refractivity contribution in [1.29, 1.82) is 0 Å². The van der Waals surface area contributed by atoms with Crippen LogP contribution in [0.5, 0.6) is 0 Å². The first-order chi connectivity index (χ1) is 17.0. The van der Waals surface area contributed by atoms with Gasteiger partial charge in [0.25, 0.3) is 0 Å². The largest absolute Gasteiger partial charge is 0.478 e. The van der Waals surface area contributed by atoms with Crippen LogP contribution >= 0.6 is 11.3 Å². The number of carbonyl (C=O) groups is 3. The van der Waals surface area contributed by atoms with E-state index in [2.05, 4.69) is 5.32 Å². The number of carboxylic acids is 1. The third-order valence-corrected chi connectivity index (χ3v) is 6.35. The summed E-state index contributed by atoms with van der Waals surface area (Å²) in [5.41, 5.74) is 1.93. The molecule has 0 aliphatic rings. The quantitative estimate of drug-likeness (QED) is 0.347. The zero-order valence-corrected chi connectivity index (χ0v) is 19.7. The predicted molar refractivity (Wildman–Crippen MR) is 136 cm³/mol. The second-order valence-corrected chi connectivity index (χ2v) is 8.92. The van der Waals surface area contributed by atoms with E-state index in [9.17, 15) is 19.5 Å². The normalized spacial score (nSPS) is 11.4. The van der Waals surface area contributed by atoms with Gasteiger partial charge in [-0.3, -0.25) is 14.5 Å². The smallest absolute Gasteiger partial charge is 0.335 e. The van der Waals surface area contributed by atoms with Gasteiger partial charge in [-0.25, -0.2) is 4.79 Å². The molecule has 3 aromatic carbocycles. The van der Waals surface area contributed by atoms with Crippen molar-refractivity contribution in [3.8, 4) is 0 Å². The maximum absolute atomic E-state index is 13.7. The lowest BCUT2D eigenvalue weighted by atomic mass is 10.0. The van der Waals surface area contributed by atoms with E-state index < -0.39 is 12.0 Å². The number of nitrogens with one attached hydrogen (secondary N) is 1. The minimum atomic E-state index is -1.11. The van der Waals surface area contributed by atoms with Gasteiger partial charge in [-0.1, -0.05) is 72.8 Å². The Morgan fingerprint density at radius 3 is 2.23 bits per heavy atom. The number of amides is 2. The summed E-state index contributed by atoms with van der Waals surface area (Å²) in [6.07, 6.45) is 0.0876. The molecule has 2 amide bonds. The molecule has 4 aromatic rings. The van der Waals surface area contributed by atoms with Crippen LogP contribution in [0.4, 0.5) is 5.69 Å². The summed E-state index contributed by atoms with van der Waals surface area (Å²) in [5, 5.41) is 14.4. The van der Waals surface area contributed by atoms with Crippen molar-refractivity contribution in [2.45, 2.75) is 19.0 Å². The van der Waals surface area contributed by atoms with Crippen LogP contribution in [0.2, 0.25) is 0 Å². The molecule has 1 heterocycles. The average molecular weight is 485 g/mol. The number of rotatable bonds is 9. The maximum Gasteiger partial charge on any atom is 0.335 e. The molecule has 176 valence electrons. The maximum atomic E-state index is 13.7. The summed E-state index contributed by atoms with van der Waals surface area (Å²) in [6.45, 7) is 0.297. The van der Waals surface area contributed by atoms with Crippen LogP contribution < -0.4 is 10.2 Å². The fourth-order valence-corrected chi connectivity index (χ4v) is 4.50. The van der Waals surface area contributed by atoms with Gasteiger partial charge in [0.15, 0.2) is 0 Å².